The van der Waals surface area contributed by atoms with Crippen molar-refractivity contribution in [2.75, 3.05) is 41.0 Å². The van der Waals surface area contributed by atoms with E-state index in [1.54, 1.807) is 0 Å². The first-order valence-corrected chi connectivity index (χ1v) is 27.4. The van der Waals surface area contributed by atoms with Gasteiger partial charge in [-0.15, -0.1) is 0 Å². The summed E-state index contributed by atoms with van der Waals surface area (Å²) in [4.78, 5) is 37.1. The molecule has 64 heavy (non-hydrogen) atoms. The van der Waals surface area contributed by atoms with Gasteiger partial charge >= 0.3 is 11.9 Å². The van der Waals surface area contributed by atoms with Crippen LogP contribution in [0.3, 0.4) is 0 Å². The fourth-order valence-electron chi connectivity index (χ4n) is 8.30. The third-order valence-electron chi connectivity index (χ3n) is 12.6. The van der Waals surface area contributed by atoms with Crippen LogP contribution in [0.2, 0.25) is 0 Å². The summed E-state index contributed by atoms with van der Waals surface area (Å²) < 4.78 is 17.3. The van der Waals surface area contributed by atoms with Crippen molar-refractivity contribution in [1.82, 2.24) is 0 Å². The van der Waals surface area contributed by atoms with Gasteiger partial charge in [0, 0.05) is 19.3 Å². The molecule has 0 spiro atoms. The van der Waals surface area contributed by atoms with Crippen molar-refractivity contribution in [3.05, 3.63) is 24.3 Å². The quantitative estimate of drug-likeness (QED) is 0.0259. The van der Waals surface area contributed by atoms with Crippen molar-refractivity contribution in [3.63, 3.8) is 0 Å². The molecule has 0 aliphatic carbocycles. The maximum Gasteiger partial charge on any atom is 0.306 e. The Bertz CT molecular complexity index is 1100. The van der Waals surface area contributed by atoms with Crippen molar-refractivity contribution in [3.8, 4) is 0 Å². The maximum atomic E-state index is 12.8. The van der Waals surface area contributed by atoms with Gasteiger partial charge in [-0.2, -0.15) is 0 Å². The summed E-state index contributed by atoms with van der Waals surface area (Å²) in [6.07, 6.45) is 55.0. The Balaban J connectivity index is 4.17. The summed E-state index contributed by atoms with van der Waals surface area (Å²) in [7, 11) is 5.43. The molecule has 0 heterocycles. The third kappa shape index (κ3) is 45.0. The molecule has 0 amide bonds. The number of quaternary nitrogens is 1. The molecule has 0 aliphatic rings. The SMILES string of the molecule is CCCCCCCC/C=C\CCCCCCCCCC(=O)OCC(COCCC(C(=O)[O-])[N+](C)(C)C)OC(=O)CCCCCCCCCCCCC/C=C\CCCCCCCCCC. The fourth-order valence-corrected chi connectivity index (χ4v) is 8.30. The average molecular weight is 904 g/mol. The van der Waals surface area contributed by atoms with Gasteiger partial charge in [-0.25, -0.2) is 0 Å². The monoisotopic (exact) mass is 904 g/mol. The normalized spacial score (nSPS) is 13.0. The first kappa shape index (κ1) is 61.8. The van der Waals surface area contributed by atoms with Gasteiger partial charge in [-0.1, -0.05) is 205 Å². The Morgan fingerprint density at radius 3 is 1.12 bits per heavy atom. The molecule has 376 valence electrons. The highest BCUT2D eigenvalue weighted by Gasteiger charge is 2.25. The van der Waals surface area contributed by atoms with Gasteiger partial charge in [0.25, 0.3) is 0 Å². The van der Waals surface area contributed by atoms with Gasteiger partial charge in [-0.3, -0.25) is 9.59 Å². The number of allylic oxidation sites excluding steroid dienone is 4. The van der Waals surface area contributed by atoms with Gasteiger partial charge in [0.15, 0.2) is 6.10 Å². The van der Waals surface area contributed by atoms with E-state index in [2.05, 4.69) is 38.2 Å². The minimum Gasteiger partial charge on any atom is -0.544 e. The molecule has 0 rings (SSSR count). The number of unbranched alkanes of at least 4 members (excludes halogenated alkanes) is 32. The summed E-state index contributed by atoms with van der Waals surface area (Å²) in [5.41, 5.74) is 0. The zero-order chi connectivity index (χ0) is 47.0. The minimum atomic E-state index is -1.12. The van der Waals surface area contributed by atoms with E-state index in [9.17, 15) is 19.5 Å². The number of carboxylic acid groups (broad SMARTS) is 1. The van der Waals surface area contributed by atoms with Crippen molar-refractivity contribution in [2.45, 2.75) is 276 Å². The number of carboxylic acids is 1. The van der Waals surface area contributed by atoms with Gasteiger partial charge in [0.1, 0.15) is 12.6 Å². The molecular weight excluding hydrogens is 799 g/mol. The Hall–Kier alpha value is -2.19. The van der Waals surface area contributed by atoms with Gasteiger partial charge in [-0.05, 0) is 64.2 Å². The van der Waals surface area contributed by atoms with Crippen LogP contribution in [0.1, 0.15) is 264 Å². The van der Waals surface area contributed by atoms with Crippen molar-refractivity contribution >= 4 is 17.9 Å². The Labute approximate surface area is 396 Å². The molecule has 0 aromatic heterocycles. The summed E-state index contributed by atoms with van der Waals surface area (Å²) in [5.74, 6) is -1.72. The van der Waals surface area contributed by atoms with E-state index in [0.717, 1.165) is 38.5 Å². The van der Waals surface area contributed by atoms with E-state index in [-0.39, 0.29) is 42.7 Å². The van der Waals surface area contributed by atoms with E-state index in [1.165, 1.54) is 193 Å². The van der Waals surface area contributed by atoms with Crippen LogP contribution in [0.5, 0.6) is 0 Å². The number of carbonyl (C=O) groups is 3. The van der Waals surface area contributed by atoms with Gasteiger partial charge in [0.05, 0.1) is 40.3 Å². The van der Waals surface area contributed by atoms with Crippen LogP contribution in [-0.4, -0.2) is 75.5 Å². The number of ether oxygens (including phenoxy) is 3. The second-order valence-corrected chi connectivity index (χ2v) is 19.8. The number of likely N-dealkylation sites (N-methyl/N-ethyl adjacent to an activating group) is 1. The predicted octanol–water partition coefficient (Wildman–Crippen LogP) is 14.6. The molecule has 0 N–H and O–H groups in total. The zero-order valence-corrected chi connectivity index (χ0v) is 43.0. The highest BCUT2D eigenvalue weighted by atomic mass is 16.6. The van der Waals surface area contributed by atoms with Crippen molar-refractivity contribution < 1.29 is 38.2 Å². The highest BCUT2D eigenvalue weighted by Crippen LogP contribution is 2.16. The van der Waals surface area contributed by atoms with E-state index in [4.69, 9.17) is 14.2 Å². The molecule has 2 unspecified atom stereocenters. The van der Waals surface area contributed by atoms with Crippen LogP contribution in [0.25, 0.3) is 0 Å². The van der Waals surface area contributed by atoms with Crippen LogP contribution in [0.15, 0.2) is 24.3 Å². The number of carbonyl (C=O) groups excluding carboxylic acids is 3. The molecule has 0 saturated carbocycles. The number of rotatable bonds is 50. The maximum absolute atomic E-state index is 12.8. The first-order valence-electron chi connectivity index (χ1n) is 27.4. The molecule has 0 aliphatic heterocycles. The lowest BCUT2D eigenvalue weighted by molar-refractivity contribution is -0.889. The fraction of sp³-hybridized carbons (Fsp3) is 0.875. The summed E-state index contributed by atoms with van der Waals surface area (Å²) in [6, 6.07) is -0.725. The lowest BCUT2D eigenvalue weighted by Crippen LogP contribution is -2.55. The molecule has 2 atom stereocenters. The van der Waals surface area contributed by atoms with E-state index >= 15 is 0 Å². The lowest BCUT2D eigenvalue weighted by atomic mass is 10.0. The highest BCUT2D eigenvalue weighted by molar-refractivity contribution is 5.70. The molecule has 8 heteroatoms. The van der Waals surface area contributed by atoms with Crippen LogP contribution < -0.4 is 5.11 Å². The molecule has 0 radical (unpaired) electrons. The Morgan fingerprint density at radius 2 is 0.781 bits per heavy atom. The predicted molar refractivity (Wildman–Crippen MR) is 268 cm³/mol. The van der Waals surface area contributed by atoms with Crippen LogP contribution in [0, 0.1) is 0 Å². The third-order valence-corrected chi connectivity index (χ3v) is 12.6. The Kier molecular flexibility index (Phi) is 45.7. The minimum absolute atomic E-state index is 0.0430. The smallest absolute Gasteiger partial charge is 0.306 e. The largest absolute Gasteiger partial charge is 0.544 e. The molecular formula is C56H105NO7. The van der Waals surface area contributed by atoms with E-state index in [0.29, 0.717) is 12.8 Å². The molecule has 0 aromatic carbocycles. The topological polar surface area (TPSA) is 102 Å². The molecule has 0 fully saturated rings. The van der Waals surface area contributed by atoms with Crippen molar-refractivity contribution in [1.29, 1.82) is 0 Å². The lowest BCUT2D eigenvalue weighted by Gasteiger charge is -2.34. The molecule has 0 saturated heterocycles. The van der Waals surface area contributed by atoms with E-state index < -0.39 is 18.1 Å². The van der Waals surface area contributed by atoms with Crippen LogP contribution in [-0.2, 0) is 28.6 Å². The van der Waals surface area contributed by atoms with Gasteiger partial charge in [0.2, 0.25) is 0 Å². The zero-order valence-electron chi connectivity index (χ0n) is 43.0. The summed E-state index contributed by atoms with van der Waals surface area (Å²) in [6.45, 7) is 4.70. The van der Waals surface area contributed by atoms with Crippen LogP contribution >= 0.6 is 0 Å². The van der Waals surface area contributed by atoms with E-state index in [1.807, 2.05) is 21.1 Å². The second kappa shape index (κ2) is 47.3. The number of hydrogen-bond donors (Lipinski definition) is 0. The molecule has 0 aromatic rings. The number of hydrogen-bond acceptors (Lipinski definition) is 7. The first-order chi connectivity index (χ1) is 31.1. The van der Waals surface area contributed by atoms with Gasteiger partial charge < -0.3 is 28.6 Å². The summed E-state index contributed by atoms with van der Waals surface area (Å²) >= 11 is 0. The standard InChI is InChI=1S/C56H105NO7/c1-6-8-10-12-14-16-18-20-22-24-25-26-27-28-29-31-33-35-37-39-41-43-45-47-55(59)64-52(50-62-49-48-53(56(60)61)57(3,4)5)51-63-54(58)46-44-42-40-38-36-34-32-30-23-21-19-17-15-13-11-9-7-2/h21,23-25,52-53H,6-20,22,26-51H2,1-5H3/b23-21-,25-24-. The Morgan fingerprint density at radius 1 is 0.453 bits per heavy atom. The number of nitrogens with zero attached hydrogens (tertiary/aromatic N) is 1. The molecule has 8 nitrogen and oxygen atoms in total. The average Bonchev–Trinajstić information content (AvgIpc) is 3.26. The number of esters is 2. The summed E-state index contributed by atoms with van der Waals surface area (Å²) in [5, 5.41) is 11.7. The second-order valence-electron chi connectivity index (χ2n) is 19.8. The molecule has 0 bridgehead atoms. The van der Waals surface area contributed by atoms with Crippen LogP contribution in [0.4, 0.5) is 0 Å². The number of aliphatic carboxylic acids is 1. The van der Waals surface area contributed by atoms with Crippen molar-refractivity contribution in [2.24, 2.45) is 0 Å².